The Hall–Kier alpha value is -3.02. The topological polar surface area (TPSA) is 84.1 Å². The molecular weight excluding hydrogens is 284 g/mol. The Kier molecular flexibility index (Phi) is 3.42. The van der Waals surface area contributed by atoms with Crippen LogP contribution in [0.1, 0.15) is 22.0 Å². The molecule has 0 unspecified atom stereocenters. The smallest absolute Gasteiger partial charge is 0.356 e. The zero-order valence-electron chi connectivity index (χ0n) is 11.9. The minimum absolute atomic E-state index is 0.00166. The van der Waals surface area contributed by atoms with Gasteiger partial charge in [0.1, 0.15) is 18.1 Å². The van der Waals surface area contributed by atoms with E-state index in [1.807, 2.05) is 13.0 Å². The van der Waals surface area contributed by atoms with Crippen molar-refractivity contribution in [2.75, 3.05) is 0 Å². The van der Waals surface area contributed by atoms with Gasteiger partial charge in [0.05, 0.1) is 5.52 Å². The van der Waals surface area contributed by atoms with Crippen LogP contribution >= 0.6 is 0 Å². The monoisotopic (exact) mass is 298 g/mol. The second-order valence-corrected chi connectivity index (χ2v) is 4.86. The number of rotatable bonds is 4. The number of aromatic nitrogens is 2. The van der Waals surface area contributed by atoms with Crippen LogP contribution in [0.4, 0.5) is 0 Å². The molecule has 3 rings (SSSR count). The molecule has 22 heavy (non-hydrogen) atoms. The summed E-state index contributed by atoms with van der Waals surface area (Å²) in [5, 5.41) is 18.7. The van der Waals surface area contributed by atoms with Crippen molar-refractivity contribution in [3.63, 3.8) is 0 Å². The van der Waals surface area contributed by atoms with Crippen molar-refractivity contribution in [3.05, 3.63) is 59.7 Å². The van der Waals surface area contributed by atoms with E-state index in [4.69, 9.17) is 4.74 Å². The fraction of sp³-hybridized carbons (Fsp3) is 0.125. The molecule has 0 aliphatic heterocycles. The number of ether oxygens (including phenoxy) is 1. The molecule has 2 aromatic heterocycles. The van der Waals surface area contributed by atoms with Crippen LogP contribution in [-0.2, 0) is 6.61 Å². The van der Waals surface area contributed by atoms with Crippen LogP contribution < -0.4 is 4.74 Å². The van der Waals surface area contributed by atoms with Crippen LogP contribution in [0, 0.1) is 6.92 Å². The first kappa shape index (κ1) is 13.9. The molecule has 3 aromatic rings. The molecule has 0 aliphatic carbocycles. The molecule has 0 aliphatic rings. The lowest BCUT2D eigenvalue weighted by Gasteiger charge is -2.07. The molecule has 0 fully saturated rings. The van der Waals surface area contributed by atoms with Crippen LogP contribution in [-0.4, -0.2) is 25.6 Å². The number of pyridine rings is 1. The van der Waals surface area contributed by atoms with Gasteiger partial charge in [-0.25, -0.2) is 9.78 Å². The average Bonchev–Trinajstić information content (AvgIpc) is 2.86. The molecule has 6 heteroatoms. The number of hydrogen-bond donors (Lipinski definition) is 2. The van der Waals surface area contributed by atoms with E-state index in [2.05, 4.69) is 4.98 Å². The summed E-state index contributed by atoms with van der Waals surface area (Å²) < 4.78 is 7.35. The van der Waals surface area contributed by atoms with Gasteiger partial charge in [0.2, 0.25) is 0 Å². The molecule has 0 saturated carbocycles. The normalized spacial score (nSPS) is 10.8. The van der Waals surface area contributed by atoms with Crippen molar-refractivity contribution in [3.8, 4) is 11.5 Å². The van der Waals surface area contributed by atoms with E-state index in [-0.39, 0.29) is 18.1 Å². The highest BCUT2D eigenvalue weighted by Crippen LogP contribution is 2.21. The number of aromatic carboxylic acids is 1. The van der Waals surface area contributed by atoms with E-state index in [0.717, 1.165) is 5.69 Å². The lowest BCUT2D eigenvalue weighted by Crippen LogP contribution is -2.03. The number of carboxylic acid groups (broad SMARTS) is 1. The third kappa shape index (κ3) is 2.46. The Morgan fingerprint density at radius 1 is 1.27 bits per heavy atom. The van der Waals surface area contributed by atoms with Crippen molar-refractivity contribution in [1.82, 2.24) is 9.38 Å². The van der Waals surface area contributed by atoms with Gasteiger partial charge < -0.3 is 14.9 Å². The minimum atomic E-state index is -1.08. The van der Waals surface area contributed by atoms with Crippen LogP contribution in [0.2, 0.25) is 0 Å². The maximum absolute atomic E-state index is 11.3. The van der Waals surface area contributed by atoms with E-state index < -0.39 is 5.97 Å². The van der Waals surface area contributed by atoms with Gasteiger partial charge >= 0.3 is 5.97 Å². The first-order chi connectivity index (χ1) is 10.6. The van der Waals surface area contributed by atoms with E-state index in [1.54, 1.807) is 34.7 Å². The Morgan fingerprint density at radius 3 is 2.77 bits per heavy atom. The van der Waals surface area contributed by atoms with Gasteiger partial charge in [0.25, 0.3) is 0 Å². The molecule has 0 saturated heterocycles. The summed E-state index contributed by atoms with van der Waals surface area (Å²) >= 11 is 0. The van der Waals surface area contributed by atoms with E-state index in [1.165, 1.54) is 6.07 Å². The maximum atomic E-state index is 11.3. The van der Waals surface area contributed by atoms with Gasteiger partial charge in [-0.3, -0.25) is 4.40 Å². The van der Waals surface area contributed by atoms with Crippen LogP contribution in [0.15, 0.2) is 42.5 Å². The van der Waals surface area contributed by atoms with Crippen molar-refractivity contribution >= 4 is 11.5 Å². The van der Waals surface area contributed by atoms with Crippen molar-refractivity contribution in [2.24, 2.45) is 0 Å². The summed E-state index contributed by atoms with van der Waals surface area (Å²) in [5.74, 6) is 0.00985. The quantitative estimate of drug-likeness (QED) is 0.773. The van der Waals surface area contributed by atoms with Crippen molar-refractivity contribution in [2.45, 2.75) is 13.5 Å². The van der Waals surface area contributed by atoms with Crippen LogP contribution in [0.25, 0.3) is 5.52 Å². The number of benzene rings is 1. The van der Waals surface area contributed by atoms with Crippen molar-refractivity contribution < 1.29 is 19.7 Å². The fourth-order valence-electron chi connectivity index (χ4n) is 2.36. The maximum Gasteiger partial charge on any atom is 0.356 e. The average molecular weight is 298 g/mol. The lowest BCUT2D eigenvalue weighted by molar-refractivity contribution is 0.0693. The van der Waals surface area contributed by atoms with Gasteiger partial charge in [0.15, 0.2) is 11.5 Å². The number of nitrogens with zero attached hydrogens (tertiary/aromatic N) is 2. The van der Waals surface area contributed by atoms with E-state index in [0.29, 0.717) is 17.1 Å². The van der Waals surface area contributed by atoms with E-state index in [9.17, 15) is 15.0 Å². The number of aryl methyl sites for hydroxylation is 1. The molecule has 2 heterocycles. The first-order valence-electron chi connectivity index (χ1n) is 6.68. The summed E-state index contributed by atoms with van der Waals surface area (Å²) in [6, 6.07) is 11.8. The molecule has 0 atom stereocenters. The lowest BCUT2D eigenvalue weighted by atomic mass is 10.3. The number of hydrogen-bond acceptors (Lipinski definition) is 4. The highest BCUT2D eigenvalue weighted by atomic mass is 16.5. The predicted molar refractivity (Wildman–Crippen MR) is 79.3 cm³/mol. The molecule has 0 bridgehead atoms. The second-order valence-electron chi connectivity index (χ2n) is 4.86. The number of carboxylic acids is 1. The standard InChI is InChI=1S/C16H14N2O4/c1-10-4-2-7-13-15(16(20)21)17-14(18(10)13)9-22-12-6-3-5-11(19)8-12/h2-8,19H,9H2,1H3,(H,20,21). The Balaban J connectivity index is 1.98. The third-order valence-electron chi connectivity index (χ3n) is 3.31. The van der Waals surface area contributed by atoms with Gasteiger partial charge in [0, 0.05) is 11.8 Å². The minimum Gasteiger partial charge on any atom is -0.508 e. The summed E-state index contributed by atoms with van der Waals surface area (Å²) in [7, 11) is 0. The number of phenolic OH excluding ortho intramolecular Hbond substituents is 1. The molecule has 1 aromatic carbocycles. The summed E-state index contributed by atoms with van der Waals surface area (Å²) in [6.07, 6.45) is 0. The van der Waals surface area contributed by atoms with Crippen molar-refractivity contribution in [1.29, 1.82) is 0 Å². The zero-order valence-corrected chi connectivity index (χ0v) is 11.9. The SMILES string of the molecule is Cc1cccc2c(C(=O)O)nc(COc3cccc(O)c3)n12. The Labute approximate surface area is 126 Å². The molecule has 2 N–H and O–H groups in total. The second kappa shape index (κ2) is 5.40. The number of phenols is 1. The fourth-order valence-corrected chi connectivity index (χ4v) is 2.36. The highest BCUT2D eigenvalue weighted by molar-refractivity contribution is 5.93. The highest BCUT2D eigenvalue weighted by Gasteiger charge is 2.17. The molecule has 112 valence electrons. The Bertz CT molecular complexity index is 854. The number of fused-ring (bicyclic) bond motifs is 1. The predicted octanol–water partition coefficient (Wildman–Crippen LogP) is 2.63. The molecule has 0 amide bonds. The summed E-state index contributed by atoms with van der Waals surface area (Å²) in [5.41, 5.74) is 1.40. The number of imidazole rings is 1. The van der Waals surface area contributed by atoms with Gasteiger partial charge in [-0.15, -0.1) is 0 Å². The Morgan fingerprint density at radius 2 is 2.05 bits per heavy atom. The van der Waals surface area contributed by atoms with E-state index >= 15 is 0 Å². The zero-order chi connectivity index (χ0) is 15.7. The van der Waals surface area contributed by atoms with Crippen LogP contribution in [0.3, 0.4) is 0 Å². The summed E-state index contributed by atoms with van der Waals surface area (Å²) in [6.45, 7) is 1.97. The molecule has 0 radical (unpaired) electrons. The summed E-state index contributed by atoms with van der Waals surface area (Å²) in [4.78, 5) is 15.5. The number of aromatic hydroxyl groups is 1. The largest absolute Gasteiger partial charge is 0.508 e. The molecule has 6 nitrogen and oxygen atoms in total. The van der Waals surface area contributed by atoms with Gasteiger partial charge in [-0.2, -0.15) is 0 Å². The molecular formula is C16H14N2O4. The van der Waals surface area contributed by atoms with Crippen LogP contribution in [0.5, 0.6) is 11.5 Å². The number of carbonyl (C=O) groups is 1. The first-order valence-corrected chi connectivity index (χ1v) is 6.68. The van der Waals surface area contributed by atoms with Gasteiger partial charge in [-0.05, 0) is 31.2 Å². The third-order valence-corrected chi connectivity index (χ3v) is 3.31. The van der Waals surface area contributed by atoms with Gasteiger partial charge in [-0.1, -0.05) is 12.1 Å². The molecule has 0 spiro atoms.